The molecule has 3 rings (SSSR count). The molecule has 3 aromatic rings. The third-order valence-corrected chi connectivity index (χ3v) is 7.04. The van der Waals surface area contributed by atoms with Crippen LogP contribution in [0.1, 0.15) is 23.5 Å². The largest absolute Gasteiger partial charge is 0.494 e. The van der Waals surface area contributed by atoms with Crippen molar-refractivity contribution in [3.8, 4) is 5.75 Å². The summed E-state index contributed by atoms with van der Waals surface area (Å²) in [4.78, 5) is 22.7. The second-order valence-corrected chi connectivity index (χ2v) is 9.36. The fourth-order valence-corrected chi connectivity index (χ4v) is 5.16. The highest BCUT2D eigenvalue weighted by Crippen LogP contribution is 2.35. The molecule has 2 aromatic heterocycles. The molecule has 5 nitrogen and oxygen atoms in total. The van der Waals surface area contributed by atoms with Crippen LogP contribution in [0.25, 0.3) is 10.2 Å². The lowest BCUT2D eigenvalue weighted by atomic mass is 10.3. The molecule has 0 aliphatic rings. The Labute approximate surface area is 175 Å². The van der Waals surface area contributed by atoms with Crippen LogP contribution in [0.5, 0.6) is 5.75 Å². The molecular weight excluding hydrogens is 446 g/mol. The normalized spacial score (nSPS) is 11.3. The zero-order valence-electron chi connectivity index (χ0n) is 15.6. The van der Waals surface area contributed by atoms with E-state index in [9.17, 15) is 4.79 Å². The van der Waals surface area contributed by atoms with E-state index in [-0.39, 0.29) is 5.91 Å². The van der Waals surface area contributed by atoms with Crippen molar-refractivity contribution < 1.29 is 9.53 Å². The molecule has 0 bridgehead atoms. The standard InChI is InChI=1S/C19H22BrN3O2S2/c1-4-22(5-2)11-12-23(18(24)15-9-10-16(20)26-15)19-21-17-13(25-3)7-6-8-14(17)27-19/h6-10H,4-5,11-12H2,1-3H3. The first-order valence-corrected chi connectivity index (χ1v) is 11.2. The number of likely N-dealkylation sites (N-methyl/N-ethyl adjacent to an activating group) is 1. The number of benzene rings is 1. The van der Waals surface area contributed by atoms with Crippen LogP contribution in [0.4, 0.5) is 5.13 Å². The van der Waals surface area contributed by atoms with E-state index in [1.165, 1.54) is 22.7 Å². The Bertz CT molecular complexity index is 921. The molecule has 0 aliphatic carbocycles. The summed E-state index contributed by atoms with van der Waals surface area (Å²) in [6, 6.07) is 9.61. The van der Waals surface area contributed by atoms with E-state index < -0.39 is 0 Å². The van der Waals surface area contributed by atoms with Gasteiger partial charge in [0.15, 0.2) is 5.13 Å². The summed E-state index contributed by atoms with van der Waals surface area (Å²) in [6.45, 7) is 7.58. The maximum absolute atomic E-state index is 13.2. The molecule has 0 atom stereocenters. The molecule has 2 heterocycles. The van der Waals surface area contributed by atoms with E-state index >= 15 is 0 Å². The summed E-state index contributed by atoms with van der Waals surface area (Å²) in [6.07, 6.45) is 0. The molecule has 8 heteroatoms. The molecule has 27 heavy (non-hydrogen) atoms. The second kappa shape index (κ2) is 9.14. The number of carbonyl (C=O) groups excluding carboxylic acids is 1. The number of para-hydroxylation sites is 1. The lowest BCUT2D eigenvalue weighted by Crippen LogP contribution is -2.38. The van der Waals surface area contributed by atoms with Crippen LogP contribution >= 0.6 is 38.6 Å². The van der Waals surface area contributed by atoms with Crippen molar-refractivity contribution in [2.24, 2.45) is 0 Å². The number of fused-ring (bicyclic) bond motifs is 1. The topological polar surface area (TPSA) is 45.7 Å². The predicted molar refractivity (Wildman–Crippen MR) is 118 cm³/mol. The molecule has 0 saturated carbocycles. The van der Waals surface area contributed by atoms with Crippen molar-refractivity contribution in [1.82, 2.24) is 9.88 Å². The molecule has 0 N–H and O–H groups in total. The maximum Gasteiger partial charge on any atom is 0.270 e. The van der Waals surface area contributed by atoms with Gasteiger partial charge in [0.2, 0.25) is 0 Å². The fourth-order valence-electron chi connectivity index (χ4n) is 2.82. The number of aromatic nitrogens is 1. The number of halogens is 1. The summed E-state index contributed by atoms with van der Waals surface area (Å²) in [5.41, 5.74) is 0.799. The zero-order valence-corrected chi connectivity index (χ0v) is 18.8. The van der Waals surface area contributed by atoms with Gasteiger partial charge in [0.1, 0.15) is 11.3 Å². The number of methoxy groups -OCH3 is 1. The van der Waals surface area contributed by atoms with Crippen LogP contribution in [0.15, 0.2) is 34.1 Å². The smallest absolute Gasteiger partial charge is 0.270 e. The van der Waals surface area contributed by atoms with Crippen molar-refractivity contribution >= 4 is 59.9 Å². The first-order chi connectivity index (χ1) is 13.1. The lowest BCUT2D eigenvalue weighted by Gasteiger charge is -2.24. The number of anilines is 1. The molecule has 1 aromatic carbocycles. The van der Waals surface area contributed by atoms with Crippen molar-refractivity contribution in [3.05, 3.63) is 39.0 Å². The van der Waals surface area contributed by atoms with E-state index in [1.54, 1.807) is 12.0 Å². The highest BCUT2D eigenvalue weighted by Gasteiger charge is 2.23. The molecule has 0 saturated heterocycles. The van der Waals surface area contributed by atoms with Crippen LogP contribution in [-0.2, 0) is 0 Å². The highest BCUT2D eigenvalue weighted by atomic mass is 79.9. The van der Waals surface area contributed by atoms with Crippen LogP contribution in [-0.4, -0.2) is 49.1 Å². The van der Waals surface area contributed by atoms with Gasteiger partial charge in [0.05, 0.1) is 20.5 Å². The van der Waals surface area contributed by atoms with Crippen LogP contribution in [0.2, 0.25) is 0 Å². The first-order valence-electron chi connectivity index (χ1n) is 8.80. The molecule has 0 fully saturated rings. The number of ether oxygens (including phenoxy) is 1. The third kappa shape index (κ3) is 4.51. The Morgan fingerprint density at radius 3 is 2.56 bits per heavy atom. The Kier molecular flexibility index (Phi) is 6.86. The molecule has 0 aliphatic heterocycles. The number of hydrogen-bond donors (Lipinski definition) is 0. The van der Waals surface area contributed by atoms with Gasteiger partial charge in [0, 0.05) is 13.1 Å². The predicted octanol–water partition coefficient (Wildman–Crippen LogP) is 5.12. The van der Waals surface area contributed by atoms with Gasteiger partial charge in [-0.2, -0.15) is 0 Å². The number of thiophene rings is 1. The van der Waals surface area contributed by atoms with Gasteiger partial charge in [0.25, 0.3) is 5.91 Å². The van der Waals surface area contributed by atoms with E-state index in [1.807, 2.05) is 30.3 Å². The Hall–Kier alpha value is -1.48. The number of nitrogens with zero attached hydrogens (tertiary/aromatic N) is 3. The van der Waals surface area contributed by atoms with Crippen LogP contribution in [0.3, 0.4) is 0 Å². The van der Waals surface area contributed by atoms with E-state index in [0.29, 0.717) is 16.6 Å². The van der Waals surface area contributed by atoms with Crippen molar-refractivity contribution in [2.75, 3.05) is 38.2 Å². The summed E-state index contributed by atoms with van der Waals surface area (Å²) in [5, 5.41) is 0.705. The van der Waals surface area contributed by atoms with E-state index in [2.05, 4.69) is 34.7 Å². The van der Waals surface area contributed by atoms with Crippen molar-refractivity contribution in [1.29, 1.82) is 0 Å². The lowest BCUT2D eigenvalue weighted by molar-refractivity contribution is 0.0987. The number of hydrogen-bond acceptors (Lipinski definition) is 6. The third-order valence-electron chi connectivity index (χ3n) is 4.38. The Morgan fingerprint density at radius 1 is 1.15 bits per heavy atom. The van der Waals surface area contributed by atoms with Crippen molar-refractivity contribution in [3.63, 3.8) is 0 Å². The van der Waals surface area contributed by atoms with E-state index in [0.717, 1.165) is 39.4 Å². The number of rotatable bonds is 8. The number of thiazole rings is 1. The Morgan fingerprint density at radius 2 is 1.93 bits per heavy atom. The maximum atomic E-state index is 13.2. The van der Waals surface area contributed by atoms with Gasteiger partial charge >= 0.3 is 0 Å². The van der Waals surface area contributed by atoms with Crippen molar-refractivity contribution in [2.45, 2.75) is 13.8 Å². The minimum Gasteiger partial charge on any atom is -0.494 e. The van der Waals surface area contributed by atoms with Gasteiger partial charge in [-0.1, -0.05) is 31.3 Å². The van der Waals surface area contributed by atoms with Gasteiger partial charge in [-0.3, -0.25) is 9.69 Å². The Balaban J connectivity index is 1.97. The molecule has 0 spiro atoms. The minimum absolute atomic E-state index is 0.0177. The summed E-state index contributed by atoms with van der Waals surface area (Å²) in [7, 11) is 1.64. The summed E-state index contributed by atoms with van der Waals surface area (Å²) >= 11 is 6.41. The highest BCUT2D eigenvalue weighted by molar-refractivity contribution is 9.11. The fraction of sp³-hybridized carbons (Fsp3) is 0.368. The van der Waals surface area contributed by atoms with E-state index in [4.69, 9.17) is 9.72 Å². The average Bonchev–Trinajstić information content (AvgIpc) is 3.30. The van der Waals surface area contributed by atoms with Crippen LogP contribution < -0.4 is 9.64 Å². The summed E-state index contributed by atoms with van der Waals surface area (Å²) in [5.74, 6) is 0.709. The van der Waals surface area contributed by atoms with Gasteiger partial charge < -0.3 is 9.64 Å². The SMILES string of the molecule is CCN(CC)CCN(C(=O)c1ccc(Br)s1)c1nc2c(OC)cccc2s1. The monoisotopic (exact) mass is 467 g/mol. The average molecular weight is 468 g/mol. The molecular formula is C19H22BrN3O2S2. The molecule has 0 radical (unpaired) electrons. The summed E-state index contributed by atoms with van der Waals surface area (Å²) < 4.78 is 7.39. The number of amides is 1. The molecule has 0 unspecified atom stereocenters. The quantitative estimate of drug-likeness (QED) is 0.461. The molecule has 144 valence electrons. The van der Waals surface area contributed by atoms with Gasteiger partial charge in [-0.25, -0.2) is 4.98 Å². The van der Waals surface area contributed by atoms with Gasteiger partial charge in [-0.15, -0.1) is 11.3 Å². The second-order valence-electron chi connectivity index (χ2n) is 5.89. The minimum atomic E-state index is -0.0177. The zero-order chi connectivity index (χ0) is 19.4. The number of carbonyl (C=O) groups is 1. The first kappa shape index (κ1) is 20.3. The molecule has 1 amide bonds. The van der Waals surface area contributed by atoms with Gasteiger partial charge in [-0.05, 0) is 53.3 Å². The van der Waals surface area contributed by atoms with Crippen LogP contribution in [0, 0.1) is 0 Å².